The molecule has 0 saturated heterocycles. The summed E-state index contributed by atoms with van der Waals surface area (Å²) in [6, 6.07) is 8.20. The number of benzene rings is 2. The van der Waals surface area contributed by atoms with Crippen molar-refractivity contribution < 1.29 is 13.9 Å². The number of fused-ring (bicyclic) bond motifs is 2. The number of aromatic nitrogens is 4. The maximum atomic E-state index is 13.9. The van der Waals surface area contributed by atoms with E-state index < -0.39 is 5.82 Å². The Balaban J connectivity index is 1.89. The van der Waals surface area contributed by atoms with Gasteiger partial charge in [-0.3, -0.25) is 9.78 Å². The lowest BCUT2D eigenvalue weighted by atomic mass is 10.1. The van der Waals surface area contributed by atoms with Crippen LogP contribution in [0.3, 0.4) is 0 Å². The van der Waals surface area contributed by atoms with Crippen molar-refractivity contribution in [2.45, 2.75) is 6.92 Å². The highest BCUT2D eigenvalue weighted by molar-refractivity contribution is 5.97. The van der Waals surface area contributed by atoms with E-state index in [1.54, 1.807) is 30.6 Å². The molecule has 0 atom stereocenters. The van der Waals surface area contributed by atoms with Crippen LogP contribution in [0.5, 0.6) is 5.75 Å². The Bertz CT molecular complexity index is 1140. The van der Waals surface area contributed by atoms with Gasteiger partial charge in [0.05, 0.1) is 41.7 Å². The molecule has 7 heteroatoms. The van der Waals surface area contributed by atoms with Gasteiger partial charge in [-0.2, -0.15) is 5.10 Å². The van der Waals surface area contributed by atoms with Crippen LogP contribution in [0.25, 0.3) is 33.2 Å². The number of rotatable bonds is 2. The van der Waals surface area contributed by atoms with Crippen molar-refractivity contribution in [2.24, 2.45) is 0 Å². The number of hydrogen-bond donors (Lipinski definition) is 0. The average molecular weight is 336 g/mol. The number of carbonyl (C=O) groups excluding carboxylic acids is 1. The summed E-state index contributed by atoms with van der Waals surface area (Å²) in [5.74, 6) is -0.479. The van der Waals surface area contributed by atoms with E-state index in [2.05, 4.69) is 15.1 Å². The second-order valence-electron chi connectivity index (χ2n) is 5.58. The van der Waals surface area contributed by atoms with Crippen molar-refractivity contribution in [1.29, 1.82) is 0 Å². The Hall–Kier alpha value is -3.35. The second-order valence-corrected chi connectivity index (χ2v) is 5.58. The van der Waals surface area contributed by atoms with Crippen LogP contribution in [0.2, 0.25) is 0 Å². The van der Waals surface area contributed by atoms with Crippen LogP contribution in [0.4, 0.5) is 4.39 Å². The number of hydrogen-bond acceptors (Lipinski definition) is 5. The van der Waals surface area contributed by atoms with Crippen LogP contribution in [-0.4, -0.2) is 32.8 Å². The fourth-order valence-electron chi connectivity index (χ4n) is 2.75. The first-order chi connectivity index (χ1) is 12.1. The summed E-state index contributed by atoms with van der Waals surface area (Å²) in [5, 5.41) is 4.88. The van der Waals surface area contributed by atoms with E-state index in [-0.39, 0.29) is 11.7 Å². The molecule has 0 amide bonds. The molecule has 124 valence electrons. The van der Waals surface area contributed by atoms with Crippen molar-refractivity contribution in [3.8, 4) is 17.0 Å². The molecule has 0 saturated carbocycles. The third kappa shape index (κ3) is 2.50. The Morgan fingerprint density at radius 3 is 2.72 bits per heavy atom. The van der Waals surface area contributed by atoms with Crippen LogP contribution in [0.15, 0.2) is 42.7 Å². The van der Waals surface area contributed by atoms with Gasteiger partial charge in [0, 0.05) is 17.9 Å². The molecule has 0 unspecified atom stereocenters. The third-order valence-electron chi connectivity index (χ3n) is 3.98. The highest BCUT2D eigenvalue weighted by atomic mass is 19.1. The van der Waals surface area contributed by atoms with Crippen LogP contribution < -0.4 is 4.74 Å². The summed E-state index contributed by atoms with van der Waals surface area (Å²) in [7, 11) is 1.41. The van der Waals surface area contributed by atoms with Crippen molar-refractivity contribution in [3.63, 3.8) is 0 Å². The van der Waals surface area contributed by atoms with E-state index in [0.29, 0.717) is 27.8 Å². The molecule has 2 aromatic heterocycles. The molecule has 25 heavy (non-hydrogen) atoms. The molecule has 0 spiro atoms. The van der Waals surface area contributed by atoms with Crippen LogP contribution >= 0.6 is 0 Å². The van der Waals surface area contributed by atoms with Gasteiger partial charge in [-0.1, -0.05) is 0 Å². The Morgan fingerprint density at radius 1 is 1.16 bits per heavy atom. The third-order valence-corrected chi connectivity index (χ3v) is 3.98. The van der Waals surface area contributed by atoms with E-state index in [1.165, 1.54) is 24.8 Å². The number of methoxy groups -OCH3 is 1. The number of ether oxygens (including phenoxy) is 1. The molecule has 6 nitrogen and oxygen atoms in total. The molecule has 4 rings (SSSR count). The SMILES string of the molecule is COc1ccc(-c2cnc3cc4cnn(C(C)=O)c4cc3n2)cc1F. The van der Waals surface area contributed by atoms with Crippen molar-refractivity contribution in [3.05, 3.63) is 48.5 Å². The molecule has 0 radical (unpaired) electrons. The molecule has 2 heterocycles. The van der Waals surface area contributed by atoms with Crippen LogP contribution in [0, 0.1) is 5.82 Å². The van der Waals surface area contributed by atoms with E-state index in [9.17, 15) is 9.18 Å². The van der Waals surface area contributed by atoms with Gasteiger partial charge in [0.1, 0.15) is 0 Å². The van der Waals surface area contributed by atoms with Gasteiger partial charge in [-0.15, -0.1) is 0 Å². The summed E-state index contributed by atoms with van der Waals surface area (Å²) >= 11 is 0. The zero-order valence-electron chi connectivity index (χ0n) is 13.5. The highest BCUT2D eigenvalue weighted by Crippen LogP contribution is 2.26. The van der Waals surface area contributed by atoms with Crippen molar-refractivity contribution in [1.82, 2.24) is 19.7 Å². The summed E-state index contributed by atoms with van der Waals surface area (Å²) in [6.07, 6.45) is 3.20. The molecule has 0 N–H and O–H groups in total. The van der Waals surface area contributed by atoms with Crippen LogP contribution in [0.1, 0.15) is 11.7 Å². The van der Waals surface area contributed by atoms with Gasteiger partial charge in [0.2, 0.25) is 5.91 Å². The molecule has 0 fully saturated rings. The Morgan fingerprint density at radius 2 is 2.00 bits per heavy atom. The zero-order chi connectivity index (χ0) is 17.6. The normalized spacial score (nSPS) is 11.2. The molecule has 0 aliphatic carbocycles. The lowest BCUT2D eigenvalue weighted by molar-refractivity contribution is 0.0927. The first-order valence-electron chi connectivity index (χ1n) is 7.56. The predicted molar refractivity (Wildman–Crippen MR) is 91.1 cm³/mol. The molecular weight excluding hydrogens is 323 g/mol. The number of carbonyl (C=O) groups is 1. The maximum Gasteiger partial charge on any atom is 0.244 e. The second kappa shape index (κ2) is 5.62. The Labute approximate surface area is 141 Å². The topological polar surface area (TPSA) is 69.9 Å². The monoisotopic (exact) mass is 336 g/mol. The standard InChI is InChI=1S/C18H13FN4O2/c1-10(24)23-17-7-15-14(6-12(17)8-21-23)20-9-16(22-15)11-3-4-18(25-2)13(19)5-11/h3-9H,1-2H3. The van der Waals surface area contributed by atoms with Gasteiger partial charge in [0.25, 0.3) is 0 Å². The molecule has 4 aromatic rings. The lowest BCUT2D eigenvalue weighted by Crippen LogP contribution is -2.06. The Kier molecular flexibility index (Phi) is 3.42. The predicted octanol–water partition coefficient (Wildman–Crippen LogP) is 3.45. The van der Waals surface area contributed by atoms with Gasteiger partial charge >= 0.3 is 0 Å². The van der Waals surface area contributed by atoms with E-state index >= 15 is 0 Å². The summed E-state index contributed by atoms with van der Waals surface area (Å²) in [5.41, 5.74) is 3.06. The van der Waals surface area contributed by atoms with E-state index in [4.69, 9.17) is 4.74 Å². The maximum absolute atomic E-state index is 13.9. The molecule has 0 aliphatic rings. The minimum Gasteiger partial charge on any atom is -0.494 e. The number of halogens is 1. The minimum absolute atomic E-state index is 0.171. The molecular formula is C18H13FN4O2. The number of nitrogens with zero attached hydrogens (tertiary/aromatic N) is 4. The molecule has 0 bridgehead atoms. The minimum atomic E-state index is -0.466. The highest BCUT2D eigenvalue weighted by Gasteiger charge is 2.11. The van der Waals surface area contributed by atoms with Gasteiger partial charge in [0.15, 0.2) is 11.6 Å². The smallest absolute Gasteiger partial charge is 0.244 e. The first-order valence-corrected chi connectivity index (χ1v) is 7.56. The fraction of sp³-hybridized carbons (Fsp3) is 0.111. The molecule has 2 aromatic carbocycles. The van der Waals surface area contributed by atoms with Crippen molar-refractivity contribution >= 4 is 27.8 Å². The summed E-state index contributed by atoms with van der Waals surface area (Å²) in [4.78, 5) is 20.6. The van der Waals surface area contributed by atoms with Gasteiger partial charge in [-0.05, 0) is 30.3 Å². The molecule has 0 aliphatic heterocycles. The first kappa shape index (κ1) is 15.2. The summed E-state index contributed by atoms with van der Waals surface area (Å²) in [6.45, 7) is 1.44. The van der Waals surface area contributed by atoms with Gasteiger partial charge in [-0.25, -0.2) is 14.1 Å². The quantitative estimate of drug-likeness (QED) is 0.561. The van der Waals surface area contributed by atoms with Gasteiger partial charge < -0.3 is 4.74 Å². The van der Waals surface area contributed by atoms with E-state index in [0.717, 1.165) is 5.39 Å². The van der Waals surface area contributed by atoms with Crippen molar-refractivity contribution in [2.75, 3.05) is 7.11 Å². The van der Waals surface area contributed by atoms with E-state index in [1.807, 2.05) is 6.07 Å². The largest absolute Gasteiger partial charge is 0.494 e. The van der Waals surface area contributed by atoms with Crippen LogP contribution in [-0.2, 0) is 0 Å². The summed E-state index contributed by atoms with van der Waals surface area (Å²) < 4.78 is 20.2. The lowest BCUT2D eigenvalue weighted by Gasteiger charge is -2.06. The average Bonchev–Trinajstić information content (AvgIpc) is 3.02. The zero-order valence-corrected chi connectivity index (χ0v) is 13.5. The fourth-order valence-corrected chi connectivity index (χ4v) is 2.75.